The summed E-state index contributed by atoms with van der Waals surface area (Å²) >= 11 is 0. The van der Waals surface area contributed by atoms with E-state index >= 15 is 0 Å². The Bertz CT molecular complexity index is 1870. The lowest BCUT2D eigenvalue weighted by Gasteiger charge is -2.27. The summed E-state index contributed by atoms with van der Waals surface area (Å²) < 4.78 is 0. The van der Waals surface area contributed by atoms with E-state index in [1.54, 1.807) is 69.6 Å². The number of nitrogens with one attached hydrogen (secondary N) is 3. The normalized spacial score (nSPS) is 12.7. The molecule has 0 aliphatic rings. The van der Waals surface area contributed by atoms with Gasteiger partial charge in [-0.2, -0.15) is 0 Å². The van der Waals surface area contributed by atoms with Crippen LogP contribution in [0.25, 0.3) is 21.8 Å². The number of carbonyl (C=O) groups is 4. The summed E-state index contributed by atoms with van der Waals surface area (Å²) in [5.74, 6) is -2.38. The molecule has 0 aliphatic heterocycles. The number of rotatable bonds is 12. The second kappa shape index (κ2) is 14.5. The third-order valence-electron chi connectivity index (χ3n) is 7.55. The van der Waals surface area contributed by atoms with Crippen molar-refractivity contribution in [2.75, 3.05) is 10.6 Å². The monoisotopic (exact) mass is 647 g/mol. The van der Waals surface area contributed by atoms with E-state index in [-0.39, 0.29) is 36.6 Å². The number of hydrogen-bond donors (Lipinski definition) is 4. The highest BCUT2D eigenvalue weighted by molar-refractivity contribution is 6.17. The zero-order chi connectivity index (χ0) is 34.3. The van der Waals surface area contributed by atoms with E-state index in [9.17, 15) is 24.3 Å². The van der Waals surface area contributed by atoms with Gasteiger partial charge in [0.05, 0.1) is 22.3 Å². The lowest BCUT2D eigenvalue weighted by Crippen LogP contribution is -2.48. The first kappa shape index (κ1) is 33.8. The maximum absolute atomic E-state index is 14.0. The number of para-hydroxylation sites is 2. The van der Waals surface area contributed by atoms with Gasteiger partial charge in [0, 0.05) is 53.7 Å². The molecule has 2 heterocycles. The molecule has 0 saturated heterocycles. The molecule has 11 nitrogen and oxygen atoms in total. The number of hydroxylamine groups is 1. The standard InChI is InChI=1S/C37H37N5O6/c1-36(2,3)48-42-32(45)16-6-15-31(44)40-28-19-17-27(18-20-28)37(47,30(43)23-26-11-4-9-24-12-7-21-38-33(24)26)35(46)41-29-14-5-10-25-13-8-22-39-34(25)29/h4-5,7-14,17-22,47H,6,15-16,23H2,1-3H3,(H,40,44)(H,41,46)(H,42,45). The Labute approximate surface area is 277 Å². The average molecular weight is 648 g/mol. The summed E-state index contributed by atoms with van der Waals surface area (Å²) in [6, 6.07) is 23.7. The minimum atomic E-state index is -2.61. The second-order valence-electron chi connectivity index (χ2n) is 12.4. The van der Waals surface area contributed by atoms with Gasteiger partial charge in [-0.15, -0.1) is 0 Å². The van der Waals surface area contributed by atoms with Crippen molar-refractivity contribution in [2.24, 2.45) is 0 Å². The maximum atomic E-state index is 14.0. The van der Waals surface area contributed by atoms with Crippen molar-refractivity contribution in [3.63, 3.8) is 0 Å². The van der Waals surface area contributed by atoms with E-state index in [4.69, 9.17) is 4.84 Å². The highest BCUT2D eigenvalue weighted by atomic mass is 16.7. The van der Waals surface area contributed by atoms with E-state index in [1.165, 1.54) is 24.3 Å². The van der Waals surface area contributed by atoms with Gasteiger partial charge in [-0.1, -0.05) is 54.6 Å². The van der Waals surface area contributed by atoms with Gasteiger partial charge in [-0.05, 0) is 63.1 Å². The molecule has 0 bridgehead atoms. The van der Waals surface area contributed by atoms with Gasteiger partial charge in [0.25, 0.3) is 5.91 Å². The summed E-state index contributed by atoms with van der Waals surface area (Å²) in [7, 11) is 0. The Morgan fingerprint density at radius 2 is 1.33 bits per heavy atom. The summed E-state index contributed by atoms with van der Waals surface area (Å²) in [4.78, 5) is 66.6. The zero-order valence-electron chi connectivity index (χ0n) is 26.9. The minimum absolute atomic E-state index is 0.0138. The van der Waals surface area contributed by atoms with Crippen LogP contribution in [0.15, 0.2) is 97.3 Å². The number of anilines is 2. The van der Waals surface area contributed by atoms with Crippen molar-refractivity contribution in [1.29, 1.82) is 0 Å². The second-order valence-corrected chi connectivity index (χ2v) is 12.4. The number of fused-ring (bicyclic) bond motifs is 2. The first-order valence-corrected chi connectivity index (χ1v) is 15.5. The molecule has 246 valence electrons. The molecule has 2 aromatic heterocycles. The number of benzene rings is 3. The van der Waals surface area contributed by atoms with Crippen LogP contribution in [0.2, 0.25) is 0 Å². The van der Waals surface area contributed by atoms with Gasteiger partial charge >= 0.3 is 0 Å². The molecule has 1 atom stereocenters. The third kappa shape index (κ3) is 8.06. The summed E-state index contributed by atoms with van der Waals surface area (Å²) in [5.41, 5.74) is 1.60. The highest BCUT2D eigenvalue weighted by Gasteiger charge is 2.45. The van der Waals surface area contributed by atoms with E-state index in [0.29, 0.717) is 34.4 Å². The van der Waals surface area contributed by atoms with E-state index in [0.717, 1.165) is 10.8 Å². The van der Waals surface area contributed by atoms with Gasteiger partial charge < -0.3 is 15.7 Å². The van der Waals surface area contributed by atoms with E-state index in [2.05, 4.69) is 26.1 Å². The Kier molecular flexibility index (Phi) is 10.2. The van der Waals surface area contributed by atoms with Crippen LogP contribution in [0.1, 0.15) is 51.2 Å². The van der Waals surface area contributed by atoms with Crippen LogP contribution >= 0.6 is 0 Å². The van der Waals surface area contributed by atoms with Crippen molar-refractivity contribution in [3.8, 4) is 0 Å². The number of carbonyl (C=O) groups excluding carboxylic acids is 4. The maximum Gasteiger partial charge on any atom is 0.269 e. The fourth-order valence-corrected chi connectivity index (χ4v) is 5.14. The van der Waals surface area contributed by atoms with Crippen LogP contribution in [-0.2, 0) is 36.0 Å². The summed E-state index contributed by atoms with van der Waals surface area (Å²) in [6.45, 7) is 5.42. The number of aliphatic hydroxyl groups is 1. The third-order valence-corrected chi connectivity index (χ3v) is 7.55. The molecular formula is C37H37N5O6. The van der Waals surface area contributed by atoms with Crippen LogP contribution in [0.4, 0.5) is 11.4 Å². The molecule has 5 rings (SSSR count). The largest absolute Gasteiger partial charge is 0.370 e. The molecule has 11 heteroatoms. The molecule has 3 amide bonds. The predicted molar refractivity (Wildman–Crippen MR) is 183 cm³/mol. The van der Waals surface area contributed by atoms with E-state index in [1.807, 2.05) is 24.3 Å². The number of hydrogen-bond acceptors (Lipinski definition) is 8. The molecule has 0 aliphatic carbocycles. The van der Waals surface area contributed by atoms with Gasteiger partial charge in [-0.25, -0.2) is 5.48 Å². The predicted octanol–water partition coefficient (Wildman–Crippen LogP) is 5.38. The lowest BCUT2D eigenvalue weighted by molar-refractivity contribution is -0.149. The van der Waals surface area contributed by atoms with Crippen molar-refractivity contribution >= 4 is 56.7 Å². The SMILES string of the molecule is CC(C)(C)ONC(=O)CCCC(=O)Nc1ccc(C(O)(C(=O)Cc2cccc3cccnc23)C(=O)Nc2cccc3cccnc23)cc1. The average Bonchev–Trinajstić information content (AvgIpc) is 3.07. The first-order valence-electron chi connectivity index (χ1n) is 15.5. The van der Waals surface area contributed by atoms with Crippen molar-refractivity contribution in [3.05, 3.63) is 108 Å². The first-order chi connectivity index (χ1) is 22.9. The molecule has 1 unspecified atom stereocenters. The van der Waals surface area contributed by atoms with Crippen LogP contribution in [0.5, 0.6) is 0 Å². The fraction of sp³-hybridized carbons (Fsp3) is 0.243. The smallest absolute Gasteiger partial charge is 0.269 e. The van der Waals surface area contributed by atoms with Crippen LogP contribution < -0.4 is 16.1 Å². The number of Topliss-reactive ketones (excluding diaryl/α,β-unsaturated/α-hetero) is 1. The molecule has 0 saturated carbocycles. The number of aromatic nitrogens is 2. The Balaban J connectivity index is 1.36. The molecule has 4 N–H and O–H groups in total. The Morgan fingerprint density at radius 3 is 2.02 bits per heavy atom. The van der Waals surface area contributed by atoms with Gasteiger partial charge in [0.1, 0.15) is 0 Å². The van der Waals surface area contributed by atoms with Crippen molar-refractivity contribution < 1.29 is 29.1 Å². The van der Waals surface area contributed by atoms with Crippen molar-refractivity contribution in [1.82, 2.24) is 15.4 Å². The molecule has 48 heavy (non-hydrogen) atoms. The minimum Gasteiger partial charge on any atom is -0.370 e. The quantitative estimate of drug-likeness (QED) is 0.104. The zero-order valence-corrected chi connectivity index (χ0v) is 26.9. The van der Waals surface area contributed by atoms with Crippen molar-refractivity contribution in [2.45, 2.75) is 57.7 Å². The molecular weight excluding hydrogens is 610 g/mol. The van der Waals surface area contributed by atoms with Crippen LogP contribution in [0, 0.1) is 0 Å². The molecule has 3 aromatic carbocycles. The van der Waals surface area contributed by atoms with Crippen LogP contribution in [0.3, 0.4) is 0 Å². The van der Waals surface area contributed by atoms with Gasteiger partial charge in [0.2, 0.25) is 17.4 Å². The van der Waals surface area contributed by atoms with Gasteiger partial charge in [-0.3, -0.25) is 34.0 Å². The summed E-state index contributed by atoms with van der Waals surface area (Å²) in [5, 5.41) is 19.1. The highest BCUT2D eigenvalue weighted by Crippen LogP contribution is 2.30. The topological polar surface area (TPSA) is 160 Å². The van der Waals surface area contributed by atoms with Crippen LogP contribution in [-0.4, -0.2) is 44.2 Å². The fourth-order valence-electron chi connectivity index (χ4n) is 5.14. The Morgan fingerprint density at radius 1 is 0.729 bits per heavy atom. The number of pyridine rings is 2. The molecule has 5 aromatic rings. The number of amides is 3. The molecule has 0 spiro atoms. The van der Waals surface area contributed by atoms with Gasteiger partial charge in [0.15, 0.2) is 5.78 Å². The molecule has 0 radical (unpaired) electrons. The molecule has 0 fully saturated rings. The van der Waals surface area contributed by atoms with E-state index < -0.39 is 22.9 Å². The Hall–Kier alpha value is -5.52. The number of ketones is 1. The number of nitrogens with zero attached hydrogens (tertiary/aromatic N) is 2. The lowest BCUT2D eigenvalue weighted by atomic mass is 9.84. The summed E-state index contributed by atoms with van der Waals surface area (Å²) in [6.07, 6.45) is 3.40.